The van der Waals surface area contributed by atoms with Gasteiger partial charge in [0.25, 0.3) is 5.91 Å². The number of methoxy groups -OCH3 is 1. The van der Waals surface area contributed by atoms with Crippen molar-refractivity contribution in [3.63, 3.8) is 0 Å². The lowest BCUT2D eigenvalue weighted by Crippen LogP contribution is -2.28. The van der Waals surface area contributed by atoms with Gasteiger partial charge < -0.3 is 14.8 Å². The van der Waals surface area contributed by atoms with Crippen LogP contribution in [-0.2, 0) is 19.6 Å². The summed E-state index contributed by atoms with van der Waals surface area (Å²) in [5.41, 5.74) is 0.573. The SMILES string of the molecule is COc1cccc(NC(=O)COC(=O)c2cccc(S(=O)(=O)N3CCCC3)c2)c1. The van der Waals surface area contributed by atoms with Crippen LogP contribution in [0, 0.1) is 0 Å². The average molecular weight is 418 g/mol. The summed E-state index contributed by atoms with van der Waals surface area (Å²) in [6.45, 7) is 0.446. The van der Waals surface area contributed by atoms with Gasteiger partial charge in [-0.15, -0.1) is 0 Å². The number of nitrogens with zero attached hydrogens (tertiary/aromatic N) is 1. The molecule has 0 bridgehead atoms. The van der Waals surface area contributed by atoms with E-state index in [9.17, 15) is 18.0 Å². The first kappa shape index (κ1) is 20.8. The first-order valence-corrected chi connectivity index (χ1v) is 10.6. The number of esters is 1. The Hall–Kier alpha value is -2.91. The van der Waals surface area contributed by atoms with Crippen molar-refractivity contribution in [2.45, 2.75) is 17.7 Å². The summed E-state index contributed by atoms with van der Waals surface area (Å²) in [7, 11) is -2.12. The van der Waals surface area contributed by atoms with Gasteiger partial charge in [0.1, 0.15) is 5.75 Å². The number of ether oxygens (including phenoxy) is 2. The number of hydrogen-bond donors (Lipinski definition) is 1. The second kappa shape index (κ2) is 9.06. The lowest BCUT2D eigenvalue weighted by molar-refractivity contribution is -0.119. The first-order valence-electron chi connectivity index (χ1n) is 9.11. The summed E-state index contributed by atoms with van der Waals surface area (Å²) in [5.74, 6) is -0.715. The van der Waals surface area contributed by atoms with Crippen LogP contribution in [0.2, 0.25) is 0 Å². The fraction of sp³-hybridized carbons (Fsp3) is 0.300. The molecule has 2 aromatic rings. The lowest BCUT2D eigenvalue weighted by atomic mass is 10.2. The summed E-state index contributed by atoms with van der Waals surface area (Å²) in [6, 6.07) is 12.4. The molecule has 1 aliphatic heterocycles. The topological polar surface area (TPSA) is 102 Å². The minimum atomic E-state index is -3.64. The first-order chi connectivity index (χ1) is 13.9. The number of rotatable bonds is 7. The Morgan fingerprint density at radius 2 is 1.79 bits per heavy atom. The number of amides is 1. The van der Waals surface area contributed by atoms with Crippen molar-refractivity contribution < 1.29 is 27.5 Å². The molecule has 1 aliphatic rings. The van der Waals surface area contributed by atoms with E-state index in [0.29, 0.717) is 24.5 Å². The molecule has 154 valence electrons. The lowest BCUT2D eigenvalue weighted by Gasteiger charge is -2.15. The van der Waals surface area contributed by atoms with Crippen LogP contribution in [0.25, 0.3) is 0 Å². The number of anilines is 1. The highest BCUT2D eigenvalue weighted by Crippen LogP contribution is 2.22. The van der Waals surface area contributed by atoms with Crippen molar-refractivity contribution in [2.75, 3.05) is 32.1 Å². The van der Waals surface area contributed by atoms with Crippen LogP contribution in [0.4, 0.5) is 5.69 Å². The smallest absolute Gasteiger partial charge is 0.338 e. The van der Waals surface area contributed by atoms with E-state index < -0.39 is 28.5 Å². The molecule has 1 saturated heterocycles. The molecule has 1 N–H and O–H groups in total. The summed E-state index contributed by atoms with van der Waals surface area (Å²) < 4.78 is 36.8. The van der Waals surface area contributed by atoms with Crippen LogP contribution in [0.1, 0.15) is 23.2 Å². The zero-order valence-corrected chi connectivity index (χ0v) is 16.8. The molecule has 0 aromatic heterocycles. The largest absolute Gasteiger partial charge is 0.497 e. The van der Waals surface area contributed by atoms with E-state index in [2.05, 4.69) is 5.32 Å². The van der Waals surface area contributed by atoms with Gasteiger partial charge in [-0.2, -0.15) is 4.31 Å². The second-order valence-corrected chi connectivity index (χ2v) is 8.43. The monoisotopic (exact) mass is 418 g/mol. The van der Waals surface area contributed by atoms with Gasteiger partial charge >= 0.3 is 5.97 Å². The molecule has 1 fully saturated rings. The maximum absolute atomic E-state index is 12.6. The number of carbonyl (C=O) groups is 2. The van der Waals surface area contributed by atoms with Crippen LogP contribution < -0.4 is 10.1 Å². The maximum Gasteiger partial charge on any atom is 0.338 e. The molecule has 9 heteroatoms. The number of benzene rings is 2. The molecule has 0 aliphatic carbocycles. The zero-order valence-electron chi connectivity index (χ0n) is 16.0. The summed E-state index contributed by atoms with van der Waals surface area (Å²) in [5, 5.41) is 2.60. The van der Waals surface area contributed by atoms with Gasteiger partial charge in [0.05, 0.1) is 17.6 Å². The minimum Gasteiger partial charge on any atom is -0.497 e. The summed E-state index contributed by atoms with van der Waals surface area (Å²) in [4.78, 5) is 24.3. The molecular formula is C20H22N2O6S. The summed E-state index contributed by atoms with van der Waals surface area (Å²) >= 11 is 0. The quantitative estimate of drug-likeness (QED) is 0.692. The standard InChI is InChI=1S/C20H22N2O6S/c1-27-17-8-5-7-16(13-17)21-19(23)14-28-20(24)15-6-4-9-18(12-15)29(25,26)22-10-2-3-11-22/h4-9,12-13H,2-3,10-11,14H2,1H3,(H,21,23). The van der Waals surface area contributed by atoms with E-state index in [1.807, 2.05) is 0 Å². The van der Waals surface area contributed by atoms with E-state index in [1.54, 1.807) is 24.3 Å². The van der Waals surface area contributed by atoms with Crippen LogP contribution in [0.15, 0.2) is 53.4 Å². The van der Waals surface area contributed by atoms with Crippen molar-refractivity contribution >= 4 is 27.6 Å². The molecule has 0 radical (unpaired) electrons. The highest BCUT2D eigenvalue weighted by Gasteiger charge is 2.27. The molecule has 2 aromatic carbocycles. The Morgan fingerprint density at radius 3 is 2.52 bits per heavy atom. The predicted octanol–water partition coefficient (Wildman–Crippen LogP) is 2.28. The number of carbonyl (C=O) groups excluding carboxylic acids is 2. The second-order valence-electron chi connectivity index (χ2n) is 6.50. The Kier molecular flexibility index (Phi) is 6.50. The Balaban J connectivity index is 1.61. The normalized spacial score (nSPS) is 14.4. The van der Waals surface area contributed by atoms with Crippen molar-refractivity contribution in [2.24, 2.45) is 0 Å². The fourth-order valence-corrected chi connectivity index (χ4v) is 4.54. The van der Waals surface area contributed by atoms with Crippen LogP contribution in [0.3, 0.4) is 0 Å². The van der Waals surface area contributed by atoms with E-state index >= 15 is 0 Å². The molecule has 1 heterocycles. The Labute approximate surface area is 169 Å². The van der Waals surface area contributed by atoms with Gasteiger partial charge in [0.2, 0.25) is 10.0 Å². The predicted molar refractivity (Wildman–Crippen MR) is 106 cm³/mol. The number of sulfonamides is 1. The average Bonchev–Trinajstić information content (AvgIpc) is 3.28. The third-order valence-electron chi connectivity index (χ3n) is 4.46. The molecule has 0 saturated carbocycles. The zero-order chi connectivity index (χ0) is 20.9. The maximum atomic E-state index is 12.6. The van der Waals surface area contributed by atoms with E-state index in [1.165, 1.54) is 35.7 Å². The van der Waals surface area contributed by atoms with E-state index in [-0.39, 0.29) is 10.5 Å². The molecule has 0 spiro atoms. The highest BCUT2D eigenvalue weighted by molar-refractivity contribution is 7.89. The Morgan fingerprint density at radius 1 is 1.07 bits per heavy atom. The third-order valence-corrected chi connectivity index (χ3v) is 6.36. The highest BCUT2D eigenvalue weighted by atomic mass is 32.2. The fourth-order valence-electron chi connectivity index (χ4n) is 2.97. The Bertz CT molecular complexity index is 1000. The minimum absolute atomic E-state index is 0.0367. The molecule has 3 rings (SSSR count). The van der Waals surface area contributed by atoms with Crippen molar-refractivity contribution in [1.82, 2.24) is 4.31 Å². The van der Waals surface area contributed by atoms with Gasteiger partial charge in [-0.1, -0.05) is 12.1 Å². The van der Waals surface area contributed by atoms with E-state index in [4.69, 9.17) is 9.47 Å². The van der Waals surface area contributed by atoms with Crippen LogP contribution >= 0.6 is 0 Å². The van der Waals surface area contributed by atoms with Gasteiger partial charge in [-0.25, -0.2) is 13.2 Å². The molecule has 0 unspecified atom stereocenters. The van der Waals surface area contributed by atoms with E-state index in [0.717, 1.165) is 12.8 Å². The summed E-state index contributed by atoms with van der Waals surface area (Å²) in [6.07, 6.45) is 1.65. The van der Waals surface area contributed by atoms with Crippen LogP contribution in [0.5, 0.6) is 5.75 Å². The number of nitrogens with one attached hydrogen (secondary N) is 1. The molecule has 0 atom stereocenters. The van der Waals surface area contributed by atoms with Gasteiger partial charge in [-0.05, 0) is 43.2 Å². The van der Waals surface area contributed by atoms with Crippen LogP contribution in [-0.4, -0.2) is 51.4 Å². The third kappa shape index (κ3) is 5.12. The number of hydrogen-bond acceptors (Lipinski definition) is 6. The van der Waals surface area contributed by atoms with Crippen molar-refractivity contribution in [1.29, 1.82) is 0 Å². The van der Waals surface area contributed by atoms with Gasteiger partial charge in [-0.3, -0.25) is 4.79 Å². The molecular weight excluding hydrogens is 396 g/mol. The van der Waals surface area contributed by atoms with Crippen molar-refractivity contribution in [3.05, 3.63) is 54.1 Å². The van der Waals surface area contributed by atoms with Gasteiger partial charge in [0, 0.05) is 24.8 Å². The molecule has 8 nitrogen and oxygen atoms in total. The van der Waals surface area contributed by atoms with Crippen molar-refractivity contribution in [3.8, 4) is 5.75 Å². The molecule has 29 heavy (non-hydrogen) atoms. The van der Waals surface area contributed by atoms with Gasteiger partial charge in [0.15, 0.2) is 6.61 Å². The molecule has 1 amide bonds.